The number of ether oxygens (including phenoxy) is 2. The molecule has 0 aromatic heterocycles. The molecule has 0 aliphatic heterocycles. The highest BCUT2D eigenvalue weighted by molar-refractivity contribution is 6.30. The normalized spacial score (nSPS) is 10.2. The van der Waals surface area contributed by atoms with Crippen molar-refractivity contribution < 1.29 is 14.6 Å². The maximum Gasteiger partial charge on any atom is 0.148 e. The zero-order valence-electron chi connectivity index (χ0n) is 10.7. The van der Waals surface area contributed by atoms with Gasteiger partial charge in [0.25, 0.3) is 0 Å². The lowest BCUT2D eigenvalue weighted by Gasteiger charge is -2.11. The maximum atomic E-state index is 8.56. The van der Waals surface area contributed by atoms with Crippen LogP contribution in [0.5, 0.6) is 5.75 Å². The highest BCUT2D eigenvalue weighted by atomic mass is 35.5. The Morgan fingerprint density at radius 2 is 2.21 bits per heavy atom. The fourth-order valence-corrected chi connectivity index (χ4v) is 1.68. The Morgan fingerprint density at radius 1 is 1.37 bits per heavy atom. The van der Waals surface area contributed by atoms with Gasteiger partial charge in [-0.25, -0.2) is 0 Å². The number of aliphatic hydroxyl groups excluding tert-OH is 1. The van der Waals surface area contributed by atoms with Crippen molar-refractivity contribution >= 4 is 11.6 Å². The SMILES string of the molecule is C#CCOc1ccc(Cl)cc1CNCCOCCO. The molecule has 0 unspecified atom stereocenters. The molecule has 0 atom stereocenters. The number of halogens is 1. The summed E-state index contributed by atoms with van der Waals surface area (Å²) < 4.78 is 10.6. The number of nitrogens with one attached hydrogen (secondary N) is 1. The summed E-state index contributed by atoms with van der Waals surface area (Å²) in [6.07, 6.45) is 5.17. The van der Waals surface area contributed by atoms with Crippen LogP contribution in [0.2, 0.25) is 5.02 Å². The van der Waals surface area contributed by atoms with Crippen molar-refractivity contribution in [2.45, 2.75) is 6.54 Å². The maximum absolute atomic E-state index is 8.56. The van der Waals surface area contributed by atoms with E-state index in [1.165, 1.54) is 0 Å². The molecule has 1 rings (SSSR count). The third kappa shape index (κ3) is 6.46. The third-order valence-corrected chi connectivity index (χ3v) is 2.54. The largest absolute Gasteiger partial charge is 0.481 e. The van der Waals surface area contributed by atoms with Crippen LogP contribution in [0.15, 0.2) is 18.2 Å². The van der Waals surface area contributed by atoms with Gasteiger partial charge in [0.2, 0.25) is 0 Å². The van der Waals surface area contributed by atoms with E-state index in [0.29, 0.717) is 31.3 Å². The van der Waals surface area contributed by atoms with Crippen molar-refractivity contribution in [1.82, 2.24) is 5.32 Å². The summed E-state index contributed by atoms with van der Waals surface area (Å²) in [5.74, 6) is 3.16. The monoisotopic (exact) mass is 283 g/mol. The van der Waals surface area contributed by atoms with Crippen LogP contribution in [0.25, 0.3) is 0 Å². The van der Waals surface area contributed by atoms with Crippen molar-refractivity contribution in [3.63, 3.8) is 0 Å². The zero-order chi connectivity index (χ0) is 13.9. The van der Waals surface area contributed by atoms with Gasteiger partial charge in [-0.05, 0) is 18.2 Å². The van der Waals surface area contributed by atoms with Gasteiger partial charge < -0.3 is 19.9 Å². The quantitative estimate of drug-likeness (QED) is 0.532. The Balaban J connectivity index is 2.42. The molecule has 0 fully saturated rings. The van der Waals surface area contributed by atoms with Gasteiger partial charge in [-0.3, -0.25) is 0 Å². The molecule has 0 heterocycles. The molecule has 0 radical (unpaired) electrons. The summed E-state index contributed by atoms with van der Waals surface area (Å²) in [7, 11) is 0. The molecule has 0 saturated heterocycles. The fourth-order valence-electron chi connectivity index (χ4n) is 1.48. The number of hydrogen-bond acceptors (Lipinski definition) is 4. The summed E-state index contributed by atoms with van der Waals surface area (Å²) in [5, 5.41) is 12.4. The minimum Gasteiger partial charge on any atom is -0.481 e. The second-order valence-corrected chi connectivity index (χ2v) is 4.19. The molecular formula is C14H18ClNO3. The second-order valence-electron chi connectivity index (χ2n) is 3.76. The Bertz CT molecular complexity index is 418. The van der Waals surface area contributed by atoms with E-state index in [-0.39, 0.29) is 13.2 Å². The van der Waals surface area contributed by atoms with Crippen LogP contribution in [-0.4, -0.2) is 38.1 Å². The molecule has 1 aromatic rings. The average molecular weight is 284 g/mol. The van der Waals surface area contributed by atoms with Gasteiger partial charge in [0.05, 0.1) is 19.8 Å². The van der Waals surface area contributed by atoms with Gasteiger partial charge in [-0.2, -0.15) is 0 Å². The summed E-state index contributed by atoms with van der Waals surface area (Å²) in [5.41, 5.74) is 0.949. The molecule has 0 spiro atoms. The van der Waals surface area contributed by atoms with E-state index in [0.717, 1.165) is 11.3 Å². The molecule has 0 aliphatic carbocycles. The van der Waals surface area contributed by atoms with Crippen LogP contribution < -0.4 is 10.1 Å². The summed E-state index contributed by atoms with van der Waals surface area (Å²) in [4.78, 5) is 0. The van der Waals surface area contributed by atoms with Crippen molar-refractivity contribution in [3.05, 3.63) is 28.8 Å². The zero-order valence-corrected chi connectivity index (χ0v) is 11.4. The molecule has 2 N–H and O–H groups in total. The molecule has 0 aliphatic rings. The Labute approximate surface area is 118 Å². The van der Waals surface area contributed by atoms with Crippen molar-refractivity contribution in [2.24, 2.45) is 0 Å². The Hall–Kier alpha value is -1.25. The molecular weight excluding hydrogens is 266 g/mol. The van der Waals surface area contributed by atoms with Gasteiger partial charge in [0.15, 0.2) is 0 Å². The first-order chi connectivity index (χ1) is 9.27. The molecule has 19 heavy (non-hydrogen) atoms. The summed E-state index contributed by atoms with van der Waals surface area (Å²) in [6, 6.07) is 5.41. The molecule has 0 amide bonds. The van der Waals surface area contributed by atoms with Crippen molar-refractivity contribution in [1.29, 1.82) is 0 Å². The molecule has 0 saturated carbocycles. The van der Waals surface area contributed by atoms with Crippen LogP contribution in [0.1, 0.15) is 5.56 Å². The minimum atomic E-state index is 0.0400. The van der Waals surface area contributed by atoms with Gasteiger partial charge in [0, 0.05) is 23.7 Å². The van der Waals surface area contributed by atoms with Crippen LogP contribution in [0, 0.1) is 12.3 Å². The number of hydrogen-bond donors (Lipinski definition) is 2. The molecule has 4 nitrogen and oxygen atoms in total. The van der Waals surface area contributed by atoms with Crippen LogP contribution >= 0.6 is 11.6 Å². The lowest BCUT2D eigenvalue weighted by atomic mass is 10.2. The standard InChI is InChI=1S/C14H18ClNO3/c1-2-7-19-14-4-3-13(15)10-12(14)11-16-5-8-18-9-6-17/h1,3-4,10,16-17H,5-9,11H2. The molecule has 0 bridgehead atoms. The predicted molar refractivity (Wildman–Crippen MR) is 75.4 cm³/mol. The third-order valence-electron chi connectivity index (χ3n) is 2.31. The topological polar surface area (TPSA) is 50.7 Å². The fraction of sp³-hybridized carbons (Fsp3) is 0.429. The number of aliphatic hydroxyl groups is 1. The van der Waals surface area contributed by atoms with Crippen molar-refractivity contribution in [2.75, 3.05) is 33.0 Å². The molecule has 1 aromatic carbocycles. The minimum absolute atomic E-state index is 0.0400. The number of rotatable bonds is 9. The van der Waals surface area contributed by atoms with E-state index in [1.807, 2.05) is 6.07 Å². The molecule has 104 valence electrons. The van der Waals surface area contributed by atoms with Crippen molar-refractivity contribution in [3.8, 4) is 18.1 Å². The summed E-state index contributed by atoms with van der Waals surface area (Å²) >= 11 is 5.96. The van der Waals surface area contributed by atoms with E-state index < -0.39 is 0 Å². The Morgan fingerprint density at radius 3 is 2.95 bits per heavy atom. The Kier molecular flexibility index (Phi) is 8.03. The number of benzene rings is 1. The second kappa shape index (κ2) is 9.65. The highest BCUT2D eigenvalue weighted by Gasteiger charge is 2.04. The van der Waals surface area contributed by atoms with Gasteiger partial charge >= 0.3 is 0 Å². The van der Waals surface area contributed by atoms with E-state index >= 15 is 0 Å². The van der Waals surface area contributed by atoms with Gasteiger partial charge in [-0.15, -0.1) is 6.42 Å². The first kappa shape index (κ1) is 15.8. The predicted octanol–water partition coefficient (Wildman–Crippen LogP) is 1.45. The summed E-state index contributed by atoms with van der Waals surface area (Å²) in [6.45, 7) is 2.47. The molecule has 5 heteroatoms. The number of terminal acetylenes is 1. The van der Waals surface area contributed by atoms with E-state index in [2.05, 4.69) is 11.2 Å². The lowest BCUT2D eigenvalue weighted by molar-refractivity contribution is 0.0937. The first-order valence-electron chi connectivity index (χ1n) is 6.02. The van der Waals surface area contributed by atoms with Gasteiger partial charge in [0.1, 0.15) is 12.4 Å². The van der Waals surface area contributed by atoms with Crippen LogP contribution in [0.3, 0.4) is 0 Å². The lowest BCUT2D eigenvalue weighted by Crippen LogP contribution is -2.20. The van der Waals surface area contributed by atoms with E-state index in [4.69, 9.17) is 32.6 Å². The average Bonchev–Trinajstić information content (AvgIpc) is 2.42. The van der Waals surface area contributed by atoms with E-state index in [1.54, 1.807) is 12.1 Å². The highest BCUT2D eigenvalue weighted by Crippen LogP contribution is 2.22. The first-order valence-corrected chi connectivity index (χ1v) is 6.39. The van der Waals surface area contributed by atoms with Gasteiger partial charge in [-0.1, -0.05) is 17.5 Å². The van der Waals surface area contributed by atoms with E-state index in [9.17, 15) is 0 Å². The smallest absolute Gasteiger partial charge is 0.148 e. The van der Waals surface area contributed by atoms with Crippen LogP contribution in [-0.2, 0) is 11.3 Å². The van der Waals surface area contributed by atoms with Crippen LogP contribution in [0.4, 0.5) is 0 Å².